The number of esters is 1. The maximum Gasteiger partial charge on any atom is 0.343 e. The number of carbonyl (C=O) groups excluding carboxylic acids is 2. The molecule has 0 aromatic heterocycles. The molecule has 2 aliphatic rings. The van der Waals surface area contributed by atoms with Gasteiger partial charge in [0.15, 0.2) is 11.4 Å². The molecule has 0 unspecified atom stereocenters. The van der Waals surface area contributed by atoms with E-state index in [1.165, 1.54) is 0 Å². The van der Waals surface area contributed by atoms with E-state index in [1.807, 2.05) is 51.4 Å². The van der Waals surface area contributed by atoms with Gasteiger partial charge >= 0.3 is 5.97 Å². The molecule has 4 rings (SSSR count). The summed E-state index contributed by atoms with van der Waals surface area (Å²) in [6.07, 6.45) is 5.46. The molecule has 0 atom stereocenters. The van der Waals surface area contributed by atoms with E-state index in [1.54, 1.807) is 6.07 Å². The number of aliphatic hydroxyl groups is 1. The fraction of sp³-hybridized carbons (Fsp3) is 0.429. The summed E-state index contributed by atoms with van der Waals surface area (Å²) in [5.41, 5.74) is 3.08. The third-order valence-electron chi connectivity index (χ3n) is 6.87. The zero-order valence-electron chi connectivity index (χ0n) is 21.0. The first kappa shape index (κ1) is 28.0. The summed E-state index contributed by atoms with van der Waals surface area (Å²) in [5.74, 6) is -0.483. The SMILES string of the molecule is Cc1cc(-c2cccc(NC(=O)CCCN(C)C)c2)c(Cl)cc1C1=C(O)C2(CCCCC2)OC1=O.Cl. The van der Waals surface area contributed by atoms with Gasteiger partial charge in [-0.05, 0) is 101 Å². The van der Waals surface area contributed by atoms with Crippen molar-refractivity contribution in [1.82, 2.24) is 4.90 Å². The number of anilines is 1. The summed E-state index contributed by atoms with van der Waals surface area (Å²) in [7, 11) is 3.97. The molecule has 36 heavy (non-hydrogen) atoms. The monoisotopic (exact) mass is 532 g/mol. The lowest BCUT2D eigenvalue weighted by Gasteiger charge is -2.31. The van der Waals surface area contributed by atoms with Crippen molar-refractivity contribution in [3.63, 3.8) is 0 Å². The fourth-order valence-electron chi connectivity index (χ4n) is 5.02. The number of carbonyl (C=O) groups is 2. The third kappa shape index (κ3) is 5.88. The zero-order chi connectivity index (χ0) is 25.2. The first-order chi connectivity index (χ1) is 16.7. The molecule has 2 aromatic carbocycles. The lowest BCUT2D eigenvalue weighted by molar-refractivity contribution is -0.149. The Morgan fingerprint density at radius 3 is 2.56 bits per heavy atom. The number of aliphatic hydroxyl groups excluding tert-OH is 1. The number of amides is 1. The highest BCUT2D eigenvalue weighted by Crippen LogP contribution is 2.46. The van der Waals surface area contributed by atoms with Gasteiger partial charge in [0, 0.05) is 22.7 Å². The molecule has 1 heterocycles. The second kappa shape index (κ2) is 11.7. The van der Waals surface area contributed by atoms with Crippen molar-refractivity contribution < 1.29 is 19.4 Å². The van der Waals surface area contributed by atoms with Crippen molar-refractivity contribution in [3.8, 4) is 11.1 Å². The molecule has 1 spiro atoms. The average molecular weight is 533 g/mol. The summed E-state index contributed by atoms with van der Waals surface area (Å²) in [6, 6.07) is 11.2. The van der Waals surface area contributed by atoms with Crippen LogP contribution in [0.2, 0.25) is 5.02 Å². The molecule has 0 saturated heterocycles. The van der Waals surface area contributed by atoms with Crippen LogP contribution in [0.5, 0.6) is 0 Å². The Hall–Kier alpha value is -2.54. The van der Waals surface area contributed by atoms with Crippen LogP contribution >= 0.6 is 24.0 Å². The van der Waals surface area contributed by atoms with Crippen molar-refractivity contribution in [2.45, 2.75) is 57.5 Å². The lowest BCUT2D eigenvalue weighted by Crippen LogP contribution is -2.34. The molecule has 1 amide bonds. The molecule has 0 radical (unpaired) electrons. The van der Waals surface area contributed by atoms with Gasteiger partial charge in [0.2, 0.25) is 5.91 Å². The predicted octanol–water partition coefficient (Wildman–Crippen LogP) is 6.55. The van der Waals surface area contributed by atoms with Gasteiger partial charge in [0.25, 0.3) is 0 Å². The van der Waals surface area contributed by atoms with Crippen LogP contribution in [0.15, 0.2) is 42.2 Å². The molecule has 2 N–H and O–H groups in total. The topological polar surface area (TPSA) is 78.9 Å². The zero-order valence-corrected chi connectivity index (χ0v) is 22.6. The number of hydrogen-bond donors (Lipinski definition) is 2. The van der Waals surface area contributed by atoms with Crippen LogP contribution in [0.25, 0.3) is 16.7 Å². The van der Waals surface area contributed by atoms with Gasteiger partial charge < -0.3 is 20.1 Å². The van der Waals surface area contributed by atoms with Crippen LogP contribution in [0.4, 0.5) is 5.69 Å². The molecule has 1 aliphatic heterocycles. The van der Waals surface area contributed by atoms with Gasteiger partial charge in [-0.1, -0.05) is 30.2 Å². The minimum absolute atomic E-state index is 0. The van der Waals surface area contributed by atoms with Crippen LogP contribution in [-0.2, 0) is 14.3 Å². The second-order valence-corrected chi connectivity index (χ2v) is 10.3. The van der Waals surface area contributed by atoms with Crippen molar-refractivity contribution in [1.29, 1.82) is 0 Å². The number of nitrogens with one attached hydrogen (secondary N) is 1. The number of halogens is 2. The summed E-state index contributed by atoms with van der Waals surface area (Å²) in [6.45, 7) is 2.75. The maximum atomic E-state index is 12.8. The largest absolute Gasteiger partial charge is 0.507 e. The highest BCUT2D eigenvalue weighted by Gasteiger charge is 2.49. The summed E-state index contributed by atoms with van der Waals surface area (Å²) in [4.78, 5) is 27.2. The molecule has 0 bridgehead atoms. The van der Waals surface area contributed by atoms with Crippen molar-refractivity contribution in [3.05, 3.63) is 58.3 Å². The quantitative estimate of drug-likeness (QED) is 0.395. The Morgan fingerprint density at radius 1 is 1.14 bits per heavy atom. The lowest BCUT2D eigenvalue weighted by atomic mass is 9.82. The van der Waals surface area contributed by atoms with Gasteiger partial charge in [-0.15, -0.1) is 12.4 Å². The Bertz CT molecular complexity index is 1170. The Kier molecular flexibility index (Phi) is 9.09. The van der Waals surface area contributed by atoms with E-state index in [0.717, 1.165) is 48.9 Å². The molecule has 8 heteroatoms. The normalized spacial score (nSPS) is 16.8. The molecule has 1 saturated carbocycles. The summed E-state index contributed by atoms with van der Waals surface area (Å²) >= 11 is 6.69. The number of ether oxygens (including phenoxy) is 1. The van der Waals surface area contributed by atoms with Crippen LogP contribution in [0.3, 0.4) is 0 Å². The number of rotatable bonds is 7. The molecule has 194 valence electrons. The van der Waals surface area contributed by atoms with E-state index in [0.29, 0.717) is 35.5 Å². The highest BCUT2D eigenvalue weighted by atomic mass is 35.5. The standard InChI is InChI=1S/C28H33ClN2O4.ClH/c1-18-15-22(19-9-7-10-20(16-19)30-24(32)11-8-14-31(2)3)23(29)17-21(18)25-26(33)28(35-27(25)34)12-5-4-6-13-28;/h7,9-10,15-17,33H,4-6,8,11-14H2,1-3H3,(H,30,32);1H. The van der Waals surface area contributed by atoms with E-state index in [-0.39, 0.29) is 29.6 Å². The van der Waals surface area contributed by atoms with E-state index in [2.05, 4.69) is 10.2 Å². The average Bonchev–Trinajstić information content (AvgIpc) is 3.04. The number of hydrogen-bond acceptors (Lipinski definition) is 5. The van der Waals surface area contributed by atoms with E-state index in [4.69, 9.17) is 16.3 Å². The summed E-state index contributed by atoms with van der Waals surface area (Å²) < 4.78 is 5.72. The Labute approximate surface area is 224 Å². The number of nitrogens with zero attached hydrogens (tertiary/aromatic N) is 1. The van der Waals surface area contributed by atoms with Gasteiger partial charge in [0.1, 0.15) is 5.57 Å². The van der Waals surface area contributed by atoms with Crippen molar-refractivity contribution >= 4 is 47.1 Å². The van der Waals surface area contributed by atoms with Gasteiger partial charge in [-0.25, -0.2) is 4.79 Å². The second-order valence-electron chi connectivity index (χ2n) is 9.85. The smallest absolute Gasteiger partial charge is 0.343 e. The van der Waals surface area contributed by atoms with Gasteiger partial charge in [-0.2, -0.15) is 0 Å². The molecule has 1 aliphatic carbocycles. The first-order valence-electron chi connectivity index (χ1n) is 12.2. The van der Waals surface area contributed by atoms with Gasteiger partial charge in [0.05, 0.1) is 0 Å². The number of aryl methyl sites for hydroxylation is 1. The predicted molar refractivity (Wildman–Crippen MR) is 147 cm³/mol. The van der Waals surface area contributed by atoms with Gasteiger partial charge in [-0.3, -0.25) is 4.79 Å². The molecule has 2 aromatic rings. The fourth-order valence-corrected chi connectivity index (χ4v) is 5.29. The molecule has 1 fully saturated rings. The van der Waals surface area contributed by atoms with Crippen molar-refractivity contribution in [2.24, 2.45) is 0 Å². The van der Waals surface area contributed by atoms with E-state index in [9.17, 15) is 14.7 Å². The first-order valence-corrected chi connectivity index (χ1v) is 12.6. The number of benzene rings is 2. The third-order valence-corrected chi connectivity index (χ3v) is 7.18. The maximum absolute atomic E-state index is 12.8. The minimum atomic E-state index is -0.888. The van der Waals surface area contributed by atoms with Crippen LogP contribution in [0.1, 0.15) is 56.1 Å². The molecular weight excluding hydrogens is 499 g/mol. The van der Waals surface area contributed by atoms with E-state index < -0.39 is 11.6 Å². The molecular formula is C28H34Cl2N2O4. The Morgan fingerprint density at radius 2 is 1.86 bits per heavy atom. The minimum Gasteiger partial charge on any atom is -0.507 e. The van der Waals surface area contributed by atoms with Crippen LogP contribution in [0, 0.1) is 6.92 Å². The van der Waals surface area contributed by atoms with Crippen LogP contribution < -0.4 is 5.32 Å². The summed E-state index contributed by atoms with van der Waals surface area (Å²) in [5, 5.41) is 14.5. The van der Waals surface area contributed by atoms with E-state index >= 15 is 0 Å². The van der Waals surface area contributed by atoms with Crippen LogP contribution in [-0.4, -0.2) is 48.1 Å². The Balaban J connectivity index is 0.00000361. The molecule has 6 nitrogen and oxygen atoms in total. The highest BCUT2D eigenvalue weighted by molar-refractivity contribution is 6.34. The van der Waals surface area contributed by atoms with Crippen molar-refractivity contribution in [2.75, 3.05) is 26.0 Å².